The highest BCUT2D eigenvalue weighted by atomic mass is 16.5. The van der Waals surface area contributed by atoms with Gasteiger partial charge in [-0.2, -0.15) is 0 Å². The minimum Gasteiger partial charge on any atom is -0.379 e. The molecule has 4 nitrogen and oxygen atoms in total. The minimum absolute atomic E-state index is 0.105. The summed E-state index contributed by atoms with van der Waals surface area (Å²) in [5.74, 6) is 0.834. The Bertz CT molecular complexity index is 351. The van der Waals surface area contributed by atoms with Crippen molar-refractivity contribution in [2.75, 3.05) is 40.3 Å². The molecule has 0 bridgehead atoms. The normalized spacial score (nSPS) is 42.7. The Labute approximate surface area is 130 Å². The highest BCUT2D eigenvalue weighted by molar-refractivity contribution is 5.04. The molecule has 2 saturated heterocycles. The molecule has 2 heterocycles. The van der Waals surface area contributed by atoms with Crippen LogP contribution in [0.1, 0.15) is 44.9 Å². The maximum absolute atomic E-state index is 6.30. The van der Waals surface area contributed by atoms with E-state index in [-0.39, 0.29) is 5.54 Å². The number of likely N-dealkylation sites (tertiary alicyclic amines) is 2. The summed E-state index contributed by atoms with van der Waals surface area (Å²) < 4.78 is 5.88. The lowest BCUT2D eigenvalue weighted by Crippen LogP contribution is -2.67. The molecule has 4 unspecified atom stereocenters. The molecule has 0 aromatic heterocycles. The van der Waals surface area contributed by atoms with Crippen LogP contribution in [0.25, 0.3) is 0 Å². The van der Waals surface area contributed by atoms with E-state index < -0.39 is 0 Å². The largest absolute Gasteiger partial charge is 0.379 e. The Morgan fingerprint density at radius 1 is 1.14 bits per heavy atom. The zero-order chi connectivity index (χ0) is 14.9. The van der Waals surface area contributed by atoms with E-state index >= 15 is 0 Å². The summed E-state index contributed by atoms with van der Waals surface area (Å²) in [7, 11) is 4.19. The van der Waals surface area contributed by atoms with Crippen LogP contribution < -0.4 is 5.73 Å². The number of rotatable bonds is 3. The third-order valence-electron chi connectivity index (χ3n) is 6.54. The van der Waals surface area contributed by atoms with Crippen LogP contribution in [0.2, 0.25) is 0 Å². The molecule has 0 radical (unpaired) electrons. The van der Waals surface area contributed by atoms with E-state index in [1.165, 1.54) is 64.6 Å². The van der Waals surface area contributed by atoms with Gasteiger partial charge in [0.05, 0.1) is 11.6 Å². The molecule has 0 amide bonds. The predicted octanol–water partition coefficient (Wildman–Crippen LogP) is 1.69. The van der Waals surface area contributed by atoms with Gasteiger partial charge in [-0.05, 0) is 51.6 Å². The van der Waals surface area contributed by atoms with Crippen molar-refractivity contribution in [3.63, 3.8) is 0 Å². The summed E-state index contributed by atoms with van der Waals surface area (Å²) >= 11 is 0. The van der Waals surface area contributed by atoms with Crippen LogP contribution in [0.15, 0.2) is 0 Å². The summed E-state index contributed by atoms with van der Waals surface area (Å²) in [4.78, 5) is 5.32. The molecule has 1 aliphatic carbocycles. The monoisotopic (exact) mass is 295 g/mol. The van der Waals surface area contributed by atoms with Gasteiger partial charge in [-0.15, -0.1) is 0 Å². The minimum atomic E-state index is 0.105. The first-order valence-electron chi connectivity index (χ1n) is 8.89. The van der Waals surface area contributed by atoms with E-state index in [1.54, 1.807) is 0 Å². The van der Waals surface area contributed by atoms with Crippen molar-refractivity contribution in [1.29, 1.82) is 0 Å². The number of methoxy groups -OCH3 is 1. The van der Waals surface area contributed by atoms with Crippen LogP contribution in [0.3, 0.4) is 0 Å². The molecule has 2 aliphatic heterocycles. The highest BCUT2D eigenvalue weighted by Crippen LogP contribution is 2.39. The molecule has 0 spiro atoms. The maximum Gasteiger partial charge on any atom is 0.0767 e. The van der Waals surface area contributed by atoms with Crippen molar-refractivity contribution in [3.8, 4) is 0 Å². The number of nitrogens with zero attached hydrogens (tertiary/aromatic N) is 2. The van der Waals surface area contributed by atoms with Crippen molar-refractivity contribution in [3.05, 3.63) is 0 Å². The van der Waals surface area contributed by atoms with Crippen LogP contribution in [-0.2, 0) is 4.74 Å². The SMILES string of the molecule is COC1CCCCC1(CN)N1CCC2C(CCCN2C)C1. The van der Waals surface area contributed by atoms with Crippen molar-refractivity contribution >= 4 is 0 Å². The lowest BCUT2D eigenvalue weighted by Gasteiger charge is -2.55. The molecule has 3 fully saturated rings. The van der Waals surface area contributed by atoms with Gasteiger partial charge in [0, 0.05) is 32.8 Å². The highest BCUT2D eigenvalue weighted by Gasteiger charge is 2.48. The molecule has 21 heavy (non-hydrogen) atoms. The number of nitrogens with two attached hydrogens (primary N) is 1. The number of ether oxygens (including phenoxy) is 1. The molecule has 2 N–H and O–H groups in total. The topological polar surface area (TPSA) is 41.7 Å². The average molecular weight is 295 g/mol. The number of hydrogen-bond acceptors (Lipinski definition) is 4. The molecule has 0 aromatic carbocycles. The van der Waals surface area contributed by atoms with Crippen LogP contribution >= 0.6 is 0 Å². The van der Waals surface area contributed by atoms with E-state index in [0.717, 1.165) is 18.5 Å². The molecule has 122 valence electrons. The standard InChI is InChI=1S/C17H33N3O/c1-19-10-5-6-14-12-20(11-8-15(14)19)17(13-18)9-4-3-7-16(17)21-2/h14-16H,3-13,18H2,1-2H3. The fraction of sp³-hybridized carbons (Fsp3) is 1.00. The Morgan fingerprint density at radius 3 is 2.76 bits per heavy atom. The number of fused-ring (bicyclic) bond motifs is 1. The third-order valence-corrected chi connectivity index (χ3v) is 6.54. The lowest BCUT2D eigenvalue weighted by molar-refractivity contribution is -0.102. The summed E-state index contributed by atoms with van der Waals surface area (Å²) in [6, 6.07) is 0.800. The van der Waals surface area contributed by atoms with Gasteiger partial charge in [-0.1, -0.05) is 12.8 Å². The molecule has 4 heteroatoms. The van der Waals surface area contributed by atoms with Gasteiger partial charge in [0.15, 0.2) is 0 Å². The number of hydrogen-bond donors (Lipinski definition) is 1. The third kappa shape index (κ3) is 2.76. The maximum atomic E-state index is 6.30. The van der Waals surface area contributed by atoms with Gasteiger partial charge < -0.3 is 15.4 Å². The van der Waals surface area contributed by atoms with Crippen LogP contribution in [-0.4, -0.2) is 67.8 Å². The fourth-order valence-electron chi connectivity index (χ4n) is 5.31. The summed E-state index contributed by atoms with van der Waals surface area (Å²) in [6.07, 6.45) is 9.38. The van der Waals surface area contributed by atoms with Crippen molar-refractivity contribution < 1.29 is 4.74 Å². The summed E-state index contributed by atoms with van der Waals surface area (Å²) in [6.45, 7) is 4.46. The van der Waals surface area contributed by atoms with Gasteiger partial charge in [0.1, 0.15) is 0 Å². The molecule has 3 rings (SSSR count). The van der Waals surface area contributed by atoms with E-state index in [2.05, 4.69) is 16.8 Å². The van der Waals surface area contributed by atoms with E-state index in [9.17, 15) is 0 Å². The van der Waals surface area contributed by atoms with Crippen LogP contribution in [0.4, 0.5) is 0 Å². The average Bonchev–Trinajstić information content (AvgIpc) is 2.54. The van der Waals surface area contributed by atoms with E-state index in [1.807, 2.05) is 7.11 Å². The van der Waals surface area contributed by atoms with Gasteiger partial charge in [0.2, 0.25) is 0 Å². The Morgan fingerprint density at radius 2 is 2.00 bits per heavy atom. The number of piperidine rings is 2. The first-order valence-corrected chi connectivity index (χ1v) is 8.89. The second-order valence-electron chi connectivity index (χ2n) is 7.46. The first-order chi connectivity index (χ1) is 10.2. The van der Waals surface area contributed by atoms with Gasteiger partial charge in [-0.3, -0.25) is 4.90 Å². The first kappa shape index (κ1) is 15.7. The summed E-state index contributed by atoms with van der Waals surface area (Å²) in [5, 5.41) is 0. The van der Waals surface area contributed by atoms with Gasteiger partial charge in [-0.25, -0.2) is 0 Å². The van der Waals surface area contributed by atoms with Crippen molar-refractivity contribution in [2.24, 2.45) is 11.7 Å². The van der Waals surface area contributed by atoms with E-state index in [0.29, 0.717) is 6.10 Å². The Kier molecular flexibility index (Phi) is 4.89. The molecular weight excluding hydrogens is 262 g/mol. The van der Waals surface area contributed by atoms with Gasteiger partial charge >= 0.3 is 0 Å². The van der Waals surface area contributed by atoms with Gasteiger partial charge in [0.25, 0.3) is 0 Å². The lowest BCUT2D eigenvalue weighted by atomic mass is 9.74. The molecule has 3 aliphatic rings. The molecule has 4 atom stereocenters. The smallest absolute Gasteiger partial charge is 0.0767 e. The van der Waals surface area contributed by atoms with Crippen molar-refractivity contribution in [1.82, 2.24) is 9.80 Å². The summed E-state index contributed by atoms with van der Waals surface area (Å²) in [5.41, 5.74) is 6.40. The van der Waals surface area contributed by atoms with Crippen LogP contribution in [0.5, 0.6) is 0 Å². The second-order valence-corrected chi connectivity index (χ2v) is 7.46. The zero-order valence-corrected chi connectivity index (χ0v) is 13.9. The fourth-order valence-corrected chi connectivity index (χ4v) is 5.31. The zero-order valence-electron chi connectivity index (χ0n) is 13.9. The van der Waals surface area contributed by atoms with Crippen LogP contribution in [0, 0.1) is 5.92 Å². The molecule has 0 aromatic rings. The predicted molar refractivity (Wildman–Crippen MR) is 86.4 cm³/mol. The Hall–Kier alpha value is -0.160. The second kappa shape index (κ2) is 6.53. The molecule has 1 saturated carbocycles. The van der Waals surface area contributed by atoms with Crippen molar-refractivity contribution in [2.45, 2.75) is 62.6 Å². The van der Waals surface area contributed by atoms with E-state index in [4.69, 9.17) is 10.5 Å². The Balaban J connectivity index is 1.75. The molecular formula is C17H33N3O. The quantitative estimate of drug-likeness (QED) is 0.860.